The van der Waals surface area contributed by atoms with Gasteiger partial charge in [-0.15, -0.1) is 24.0 Å². The Labute approximate surface area is 199 Å². The number of ether oxygens (including phenoxy) is 1. The number of carbonyl (C=O) groups excluding carboxylic acids is 1. The molecule has 2 heterocycles. The van der Waals surface area contributed by atoms with Crippen molar-refractivity contribution < 1.29 is 13.9 Å². The molecule has 0 saturated carbocycles. The number of benzene rings is 1. The largest absolute Gasteiger partial charge is 0.439 e. The molecule has 0 unspecified atom stereocenters. The first-order valence-corrected chi connectivity index (χ1v) is 10.1. The molecular weight excluding hydrogens is 512 g/mol. The first-order chi connectivity index (χ1) is 14.6. The number of amides is 1. The first-order valence-electron chi connectivity index (χ1n) is 10.1. The maximum absolute atomic E-state index is 13.0. The summed E-state index contributed by atoms with van der Waals surface area (Å²) >= 11 is 0. The number of nitrogens with one attached hydrogen (secondary N) is 2. The number of guanidine groups is 1. The van der Waals surface area contributed by atoms with Crippen LogP contribution in [0.2, 0.25) is 0 Å². The quantitative estimate of drug-likeness (QED) is 0.333. The summed E-state index contributed by atoms with van der Waals surface area (Å²) in [6.45, 7) is 2.32. The van der Waals surface area contributed by atoms with Crippen molar-refractivity contribution in [1.82, 2.24) is 20.5 Å². The van der Waals surface area contributed by atoms with E-state index in [0.29, 0.717) is 30.5 Å². The van der Waals surface area contributed by atoms with Crippen molar-refractivity contribution in [3.63, 3.8) is 0 Å². The van der Waals surface area contributed by atoms with Gasteiger partial charge < -0.3 is 20.3 Å². The highest BCUT2D eigenvalue weighted by molar-refractivity contribution is 14.0. The van der Waals surface area contributed by atoms with E-state index in [0.717, 1.165) is 37.5 Å². The molecule has 9 heteroatoms. The van der Waals surface area contributed by atoms with Gasteiger partial charge in [-0.25, -0.2) is 9.37 Å². The molecule has 0 spiro atoms. The number of piperidine rings is 1. The summed E-state index contributed by atoms with van der Waals surface area (Å²) in [5.41, 5.74) is 0.998. The van der Waals surface area contributed by atoms with E-state index in [1.54, 1.807) is 32.4 Å². The van der Waals surface area contributed by atoms with Gasteiger partial charge in [0.1, 0.15) is 11.6 Å². The molecule has 1 aromatic carbocycles. The number of nitrogens with zero attached hydrogens (tertiary/aromatic N) is 3. The molecule has 31 heavy (non-hydrogen) atoms. The first kappa shape index (κ1) is 24.8. The Hall–Kier alpha value is -2.43. The second-order valence-electron chi connectivity index (χ2n) is 7.27. The number of carbonyl (C=O) groups is 1. The van der Waals surface area contributed by atoms with Gasteiger partial charge in [0.2, 0.25) is 11.8 Å². The highest BCUT2D eigenvalue weighted by Gasteiger charge is 2.23. The van der Waals surface area contributed by atoms with Crippen molar-refractivity contribution >= 4 is 35.8 Å². The van der Waals surface area contributed by atoms with Gasteiger partial charge in [0.05, 0.1) is 0 Å². The Morgan fingerprint density at radius 1 is 1.26 bits per heavy atom. The van der Waals surface area contributed by atoms with Gasteiger partial charge in [0.25, 0.3) is 0 Å². The van der Waals surface area contributed by atoms with E-state index in [9.17, 15) is 9.18 Å². The van der Waals surface area contributed by atoms with Gasteiger partial charge >= 0.3 is 0 Å². The van der Waals surface area contributed by atoms with Crippen LogP contribution in [-0.4, -0.2) is 48.9 Å². The molecule has 0 radical (unpaired) electrons. The summed E-state index contributed by atoms with van der Waals surface area (Å²) in [5.74, 6) is 2.04. The molecule has 1 amide bonds. The van der Waals surface area contributed by atoms with Crippen molar-refractivity contribution in [3.05, 3.63) is 54.0 Å². The van der Waals surface area contributed by atoms with Gasteiger partial charge in [-0.3, -0.25) is 9.79 Å². The van der Waals surface area contributed by atoms with Crippen LogP contribution in [-0.2, 0) is 11.3 Å². The molecule has 0 atom stereocenters. The fourth-order valence-corrected chi connectivity index (χ4v) is 3.47. The lowest BCUT2D eigenvalue weighted by Crippen LogP contribution is -2.45. The number of aliphatic imine (C=N–C) groups is 1. The molecule has 2 N–H and O–H groups in total. The van der Waals surface area contributed by atoms with Gasteiger partial charge in [0, 0.05) is 52.4 Å². The molecule has 1 aliphatic heterocycles. The Bertz CT molecular complexity index is 870. The van der Waals surface area contributed by atoms with E-state index in [1.807, 2.05) is 12.1 Å². The molecule has 1 fully saturated rings. The minimum absolute atomic E-state index is 0. The zero-order chi connectivity index (χ0) is 21.3. The molecule has 0 bridgehead atoms. The van der Waals surface area contributed by atoms with Crippen LogP contribution < -0.4 is 15.4 Å². The highest BCUT2D eigenvalue weighted by atomic mass is 127. The predicted molar refractivity (Wildman–Crippen MR) is 129 cm³/mol. The van der Waals surface area contributed by atoms with Gasteiger partial charge in [0.15, 0.2) is 5.96 Å². The monoisotopic (exact) mass is 541 g/mol. The maximum atomic E-state index is 13.0. The van der Waals surface area contributed by atoms with E-state index in [-0.39, 0.29) is 35.7 Å². The SMILES string of the molecule is CN=C(NCc1ccnc(Oc2ccc(F)cc2)c1)N1CCC(CC(=O)NC)CC1.I. The summed E-state index contributed by atoms with van der Waals surface area (Å²) in [4.78, 5) is 22.4. The summed E-state index contributed by atoms with van der Waals surface area (Å²) in [6, 6.07) is 9.59. The number of rotatable bonds is 6. The molecule has 3 rings (SSSR count). The minimum Gasteiger partial charge on any atom is -0.439 e. The van der Waals surface area contributed by atoms with Crippen molar-refractivity contribution in [3.8, 4) is 11.6 Å². The van der Waals surface area contributed by atoms with Crippen LogP contribution in [0.5, 0.6) is 11.6 Å². The van der Waals surface area contributed by atoms with E-state index in [2.05, 4.69) is 25.5 Å². The molecule has 1 saturated heterocycles. The Kier molecular flexibility index (Phi) is 9.96. The van der Waals surface area contributed by atoms with E-state index in [1.165, 1.54) is 12.1 Å². The lowest BCUT2D eigenvalue weighted by Gasteiger charge is -2.34. The summed E-state index contributed by atoms with van der Waals surface area (Å²) in [5, 5.41) is 6.08. The average molecular weight is 541 g/mol. The Balaban J connectivity index is 0.00000341. The number of aromatic nitrogens is 1. The average Bonchev–Trinajstić information content (AvgIpc) is 2.77. The second-order valence-corrected chi connectivity index (χ2v) is 7.27. The zero-order valence-electron chi connectivity index (χ0n) is 17.8. The second kappa shape index (κ2) is 12.4. The third-order valence-corrected chi connectivity index (χ3v) is 5.16. The van der Waals surface area contributed by atoms with Crippen molar-refractivity contribution in [1.29, 1.82) is 0 Å². The van der Waals surface area contributed by atoms with E-state index in [4.69, 9.17) is 4.74 Å². The molecule has 7 nitrogen and oxygen atoms in total. The fourth-order valence-electron chi connectivity index (χ4n) is 3.47. The summed E-state index contributed by atoms with van der Waals surface area (Å²) in [7, 11) is 3.45. The van der Waals surface area contributed by atoms with Crippen LogP contribution in [0, 0.1) is 11.7 Å². The summed E-state index contributed by atoms with van der Waals surface area (Å²) < 4.78 is 18.7. The number of hydrogen-bond donors (Lipinski definition) is 2. The van der Waals surface area contributed by atoms with Gasteiger partial charge in [-0.05, 0) is 54.7 Å². The third kappa shape index (κ3) is 7.64. The van der Waals surface area contributed by atoms with Crippen LogP contribution in [0.3, 0.4) is 0 Å². The highest BCUT2D eigenvalue weighted by Crippen LogP contribution is 2.22. The minimum atomic E-state index is -0.308. The number of hydrogen-bond acceptors (Lipinski definition) is 4. The van der Waals surface area contributed by atoms with Gasteiger partial charge in [-0.1, -0.05) is 0 Å². The molecule has 0 aliphatic carbocycles. The van der Waals surface area contributed by atoms with Crippen LogP contribution in [0.1, 0.15) is 24.8 Å². The maximum Gasteiger partial charge on any atom is 0.220 e. The third-order valence-electron chi connectivity index (χ3n) is 5.16. The van der Waals surface area contributed by atoms with Gasteiger partial charge in [-0.2, -0.15) is 0 Å². The van der Waals surface area contributed by atoms with E-state index < -0.39 is 0 Å². The van der Waals surface area contributed by atoms with Crippen molar-refractivity contribution in [2.24, 2.45) is 10.9 Å². The van der Waals surface area contributed by atoms with Crippen molar-refractivity contribution in [2.45, 2.75) is 25.8 Å². The summed E-state index contributed by atoms with van der Waals surface area (Å²) in [6.07, 6.45) is 4.21. The van der Waals surface area contributed by atoms with Crippen molar-refractivity contribution in [2.75, 3.05) is 27.2 Å². The molecule has 168 valence electrons. The zero-order valence-corrected chi connectivity index (χ0v) is 20.1. The Morgan fingerprint density at radius 2 is 1.97 bits per heavy atom. The number of likely N-dealkylation sites (tertiary alicyclic amines) is 1. The number of halogens is 2. The normalized spacial score (nSPS) is 14.5. The number of pyridine rings is 1. The lowest BCUT2D eigenvalue weighted by atomic mass is 9.93. The molecule has 1 aromatic heterocycles. The predicted octanol–water partition coefficient (Wildman–Crippen LogP) is 3.55. The molecular formula is C22H29FIN5O2. The van der Waals surface area contributed by atoms with Crippen LogP contribution in [0.25, 0.3) is 0 Å². The molecule has 2 aromatic rings. The standard InChI is InChI=1S/C22H28FN5O2.HI/c1-24-20(29)13-16-8-11-28(12-9-16)22(25-2)27-15-17-7-10-26-21(14-17)30-19-5-3-18(23)4-6-19;/h3-7,10,14,16H,8-9,11-13,15H2,1-2H3,(H,24,29)(H,25,27);1H. The fraction of sp³-hybridized carbons (Fsp3) is 0.409. The van der Waals surface area contributed by atoms with Crippen LogP contribution in [0.15, 0.2) is 47.6 Å². The topological polar surface area (TPSA) is 78.9 Å². The molecule has 1 aliphatic rings. The Morgan fingerprint density at radius 3 is 2.61 bits per heavy atom. The van der Waals surface area contributed by atoms with E-state index >= 15 is 0 Å². The lowest BCUT2D eigenvalue weighted by molar-refractivity contribution is -0.121. The van der Waals surface area contributed by atoms with Crippen LogP contribution in [0.4, 0.5) is 4.39 Å². The smallest absolute Gasteiger partial charge is 0.220 e. The van der Waals surface area contributed by atoms with Crippen LogP contribution >= 0.6 is 24.0 Å².